The predicted octanol–water partition coefficient (Wildman–Crippen LogP) is 3.86. The molecule has 0 spiro atoms. The predicted molar refractivity (Wildman–Crippen MR) is 48.1 cm³/mol. The Morgan fingerprint density at radius 1 is 1.20 bits per heavy atom. The van der Waals surface area contributed by atoms with Gasteiger partial charge in [0, 0.05) is 0 Å². The van der Waals surface area contributed by atoms with Gasteiger partial charge in [0.25, 0.3) is 0 Å². The van der Waals surface area contributed by atoms with Crippen LogP contribution in [-0.2, 0) is 0 Å². The normalized spacial score (nSPS) is 29.1. The van der Waals surface area contributed by atoms with Crippen molar-refractivity contribution in [2.45, 2.75) is 53.9 Å². The third kappa shape index (κ3) is 3.24. The van der Waals surface area contributed by atoms with E-state index in [2.05, 4.69) is 20.8 Å². The molecular formula is C10H22. The van der Waals surface area contributed by atoms with E-state index in [4.69, 9.17) is 0 Å². The standard InChI is InChI=1S/C8H16.C2H6/c1-7-4-5-8(2,3)6-7;1-2/h7H,4-6H2,1-3H3;1-2H3. The van der Waals surface area contributed by atoms with Crippen LogP contribution in [0.25, 0.3) is 0 Å². The molecule has 1 unspecified atom stereocenters. The van der Waals surface area contributed by atoms with Gasteiger partial charge in [0.15, 0.2) is 0 Å². The van der Waals surface area contributed by atoms with E-state index in [0.717, 1.165) is 5.92 Å². The number of hydrogen-bond acceptors (Lipinski definition) is 0. The SMILES string of the molecule is CC.CC1CCC(C)(C)C1. The van der Waals surface area contributed by atoms with Crippen LogP contribution in [0.5, 0.6) is 0 Å². The van der Waals surface area contributed by atoms with Gasteiger partial charge in [0.1, 0.15) is 0 Å². The molecule has 0 nitrogen and oxygen atoms in total. The Hall–Kier alpha value is 0. The monoisotopic (exact) mass is 142 g/mol. The number of hydrogen-bond donors (Lipinski definition) is 0. The van der Waals surface area contributed by atoms with Gasteiger partial charge in [0.2, 0.25) is 0 Å². The summed E-state index contributed by atoms with van der Waals surface area (Å²) in [7, 11) is 0. The summed E-state index contributed by atoms with van der Waals surface area (Å²) in [5.74, 6) is 0.991. The average molecular weight is 142 g/mol. The Bertz CT molecular complexity index is 82.0. The molecule has 1 aliphatic rings. The fourth-order valence-electron chi connectivity index (χ4n) is 1.78. The maximum absolute atomic E-state index is 2.37. The molecule has 1 fully saturated rings. The molecule has 0 aliphatic heterocycles. The molecule has 0 aromatic carbocycles. The molecule has 0 saturated heterocycles. The molecule has 62 valence electrons. The van der Waals surface area contributed by atoms with Crippen molar-refractivity contribution in [3.05, 3.63) is 0 Å². The van der Waals surface area contributed by atoms with Gasteiger partial charge in [-0.05, 0) is 24.2 Å². The molecule has 0 bridgehead atoms. The van der Waals surface area contributed by atoms with Crippen molar-refractivity contribution >= 4 is 0 Å². The van der Waals surface area contributed by atoms with Gasteiger partial charge >= 0.3 is 0 Å². The number of rotatable bonds is 0. The molecule has 1 rings (SSSR count). The largest absolute Gasteiger partial charge is 0.0683 e. The topological polar surface area (TPSA) is 0 Å². The molecule has 0 heterocycles. The van der Waals surface area contributed by atoms with Crippen molar-refractivity contribution in [3.63, 3.8) is 0 Å². The van der Waals surface area contributed by atoms with E-state index < -0.39 is 0 Å². The summed E-state index contributed by atoms with van der Waals surface area (Å²) in [6.07, 6.45) is 4.33. The van der Waals surface area contributed by atoms with Gasteiger partial charge < -0.3 is 0 Å². The van der Waals surface area contributed by atoms with Crippen LogP contribution < -0.4 is 0 Å². The molecule has 1 aliphatic carbocycles. The van der Waals surface area contributed by atoms with E-state index >= 15 is 0 Å². The summed E-state index contributed by atoms with van der Waals surface area (Å²) in [4.78, 5) is 0. The smallest absolute Gasteiger partial charge is 0.0352 e. The Balaban J connectivity index is 0.000000371. The highest BCUT2D eigenvalue weighted by molar-refractivity contribution is 4.79. The van der Waals surface area contributed by atoms with Crippen molar-refractivity contribution in [1.82, 2.24) is 0 Å². The lowest BCUT2D eigenvalue weighted by Gasteiger charge is -2.15. The minimum Gasteiger partial charge on any atom is -0.0683 e. The molecule has 0 heteroatoms. The van der Waals surface area contributed by atoms with Crippen LogP contribution in [0.15, 0.2) is 0 Å². The van der Waals surface area contributed by atoms with E-state index in [-0.39, 0.29) is 0 Å². The summed E-state index contributed by atoms with van der Waals surface area (Å²) < 4.78 is 0. The molecule has 0 amide bonds. The van der Waals surface area contributed by atoms with Crippen LogP contribution in [0.3, 0.4) is 0 Å². The second kappa shape index (κ2) is 4.00. The minimum absolute atomic E-state index is 0.666. The van der Waals surface area contributed by atoms with Gasteiger partial charge in [-0.15, -0.1) is 0 Å². The van der Waals surface area contributed by atoms with E-state index in [9.17, 15) is 0 Å². The third-order valence-corrected chi connectivity index (χ3v) is 2.21. The summed E-state index contributed by atoms with van der Waals surface area (Å²) in [6, 6.07) is 0. The first-order chi connectivity index (χ1) is 4.60. The molecule has 1 atom stereocenters. The van der Waals surface area contributed by atoms with Crippen LogP contribution in [-0.4, -0.2) is 0 Å². The second-order valence-corrected chi connectivity index (χ2v) is 4.01. The highest BCUT2D eigenvalue weighted by atomic mass is 14.3. The third-order valence-electron chi connectivity index (χ3n) is 2.21. The Labute approximate surface area is 66.0 Å². The summed E-state index contributed by atoms with van der Waals surface area (Å²) in [5, 5.41) is 0. The molecule has 0 N–H and O–H groups in total. The fourth-order valence-corrected chi connectivity index (χ4v) is 1.78. The zero-order valence-corrected chi connectivity index (χ0v) is 8.20. The van der Waals surface area contributed by atoms with Crippen LogP contribution >= 0.6 is 0 Å². The zero-order chi connectivity index (χ0) is 8.20. The van der Waals surface area contributed by atoms with Gasteiger partial charge in [-0.3, -0.25) is 0 Å². The molecule has 1 saturated carbocycles. The zero-order valence-electron chi connectivity index (χ0n) is 8.20. The lowest BCUT2D eigenvalue weighted by atomic mass is 9.91. The molecule has 0 aromatic rings. The lowest BCUT2D eigenvalue weighted by molar-refractivity contribution is 0.366. The maximum Gasteiger partial charge on any atom is -0.0352 e. The highest BCUT2D eigenvalue weighted by Gasteiger charge is 2.27. The average Bonchev–Trinajstić information content (AvgIpc) is 2.15. The summed E-state index contributed by atoms with van der Waals surface area (Å²) in [5.41, 5.74) is 0.666. The highest BCUT2D eigenvalue weighted by Crippen LogP contribution is 2.40. The Morgan fingerprint density at radius 3 is 1.80 bits per heavy atom. The van der Waals surface area contributed by atoms with Crippen molar-refractivity contribution in [1.29, 1.82) is 0 Å². The van der Waals surface area contributed by atoms with Crippen molar-refractivity contribution in [2.24, 2.45) is 11.3 Å². The molecule has 0 radical (unpaired) electrons. The first kappa shape index (κ1) is 10.0. The fraction of sp³-hybridized carbons (Fsp3) is 1.00. The summed E-state index contributed by atoms with van der Waals surface area (Å²) >= 11 is 0. The first-order valence-electron chi connectivity index (χ1n) is 4.60. The van der Waals surface area contributed by atoms with E-state index in [0.29, 0.717) is 5.41 Å². The van der Waals surface area contributed by atoms with Gasteiger partial charge in [-0.2, -0.15) is 0 Å². The first-order valence-corrected chi connectivity index (χ1v) is 4.60. The van der Waals surface area contributed by atoms with Crippen LogP contribution in [0, 0.1) is 11.3 Å². The van der Waals surface area contributed by atoms with E-state index in [1.54, 1.807) is 0 Å². The van der Waals surface area contributed by atoms with Crippen LogP contribution in [0.1, 0.15) is 53.9 Å². The Morgan fingerprint density at radius 2 is 1.70 bits per heavy atom. The van der Waals surface area contributed by atoms with Crippen molar-refractivity contribution in [2.75, 3.05) is 0 Å². The van der Waals surface area contributed by atoms with Gasteiger partial charge in [-0.25, -0.2) is 0 Å². The van der Waals surface area contributed by atoms with Crippen LogP contribution in [0.2, 0.25) is 0 Å². The van der Waals surface area contributed by atoms with Gasteiger partial charge in [-0.1, -0.05) is 41.0 Å². The van der Waals surface area contributed by atoms with Crippen molar-refractivity contribution < 1.29 is 0 Å². The lowest BCUT2D eigenvalue weighted by Crippen LogP contribution is -2.03. The van der Waals surface area contributed by atoms with E-state index in [1.165, 1.54) is 19.3 Å². The van der Waals surface area contributed by atoms with Crippen LogP contribution in [0.4, 0.5) is 0 Å². The summed E-state index contributed by atoms with van der Waals surface area (Å²) in [6.45, 7) is 11.1. The second-order valence-electron chi connectivity index (χ2n) is 4.01. The van der Waals surface area contributed by atoms with Crippen molar-refractivity contribution in [3.8, 4) is 0 Å². The minimum atomic E-state index is 0.666. The molecule has 10 heavy (non-hydrogen) atoms. The maximum atomic E-state index is 2.37. The molecule has 0 aromatic heterocycles. The van der Waals surface area contributed by atoms with E-state index in [1.807, 2.05) is 13.8 Å². The Kier molecular flexibility index (Phi) is 4.00. The quantitative estimate of drug-likeness (QED) is 0.482. The van der Waals surface area contributed by atoms with Gasteiger partial charge in [0.05, 0.1) is 0 Å². The molecular weight excluding hydrogens is 120 g/mol.